The zero-order chi connectivity index (χ0) is 11.0. The normalized spacial score (nSPS) is 11.3. The highest BCUT2D eigenvalue weighted by molar-refractivity contribution is 8.01. The van der Waals surface area contributed by atoms with Crippen LogP contribution in [-0.2, 0) is 6.61 Å². The molecule has 0 spiro atoms. The van der Waals surface area contributed by atoms with Crippen LogP contribution in [0, 0.1) is 0 Å². The van der Waals surface area contributed by atoms with Crippen LogP contribution in [0.3, 0.4) is 0 Å². The molecule has 3 heterocycles. The molecule has 3 aromatic rings. The molecule has 0 saturated carbocycles. The van der Waals surface area contributed by atoms with Crippen LogP contribution in [-0.4, -0.2) is 24.7 Å². The van der Waals surface area contributed by atoms with E-state index in [-0.39, 0.29) is 6.61 Å². The molecule has 0 aliphatic heterocycles. The van der Waals surface area contributed by atoms with Gasteiger partial charge in [-0.1, -0.05) is 11.3 Å². The lowest BCUT2D eigenvalue weighted by atomic mass is 10.5. The molecule has 0 radical (unpaired) electrons. The maximum absolute atomic E-state index is 9.35. The van der Waals surface area contributed by atoms with Crippen molar-refractivity contribution in [3.8, 4) is 0 Å². The summed E-state index contributed by atoms with van der Waals surface area (Å²) in [6.07, 6.45) is 1.91. The second-order valence-electron chi connectivity index (χ2n) is 2.88. The van der Waals surface area contributed by atoms with E-state index in [1.54, 1.807) is 16.8 Å². The Kier molecular flexibility index (Phi) is 2.64. The van der Waals surface area contributed by atoms with Crippen molar-refractivity contribution in [1.29, 1.82) is 0 Å². The molecule has 0 bridgehead atoms. The average Bonchev–Trinajstić information content (AvgIpc) is 2.93. The summed E-state index contributed by atoms with van der Waals surface area (Å²) in [4.78, 5) is 5.33. The van der Waals surface area contributed by atoms with Crippen molar-refractivity contribution in [2.24, 2.45) is 0 Å². The fourth-order valence-corrected chi connectivity index (χ4v) is 3.62. The van der Waals surface area contributed by atoms with Gasteiger partial charge in [-0.25, -0.2) is 4.98 Å². The van der Waals surface area contributed by atoms with Crippen LogP contribution in [0.1, 0.15) is 5.69 Å². The van der Waals surface area contributed by atoms with Gasteiger partial charge in [0.1, 0.15) is 10.5 Å². The topological polar surface area (TPSA) is 63.3 Å². The van der Waals surface area contributed by atoms with Gasteiger partial charge in [0.05, 0.1) is 12.3 Å². The Hall–Kier alpha value is -0.960. The zero-order valence-corrected chi connectivity index (χ0v) is 10.3. The first-order valence-electron chi connectivity index (χ1n) is 4.38. The fourth-order valence-electron chi connectivity index (χ4n) is 1.33. The summed E-state index contributed by atoms with van der Waals surface area (Å²) in [6.45, 7) is -0.0287. The number of aliphatic hydroxyl groups excluding tert-OH is 1. The molecule has 0 aliphatic carbocycles. The summed E-state index contributed by atoms with van der Waals surface area (Å²) >= 11 is 4.44. The predicted molar refractivity (Wildman–Crippen MR) is 63.0 cm³/mol. The third kappa shape index (κ3) is 1.63. The quantitative estimate of drug-likeness (QED) is 0.787. The Morgan fingerprint density at radius 3 is 3.12 bits per heavy atom. The van der Waals surface area contributed by atoms with Gasteiger partial charge >= 0.3 is 0 Å². The SMILES string of the molecule is OCc1c(Sc2nncs2)nc2sccn12. The number of imidazole rings is 1. The van der Waals surface area contributed by atoms with Crippen molar-refractivity contribution in [1.82, 2.24) is 19.6 Å². The fraction of sp³-hybridized carbons (Fsp3) is 0.125. The smallest absolute Gasteiger partial charge is 0.195 e. The Bertz CT molecular complexity index is 600. The number of nitrogens with zero attached hydrogens (tertiary/aromatic N) is 4. The van der Waals surface area contributed by atoms with Gasteiger partial charge in [-0.05, 0) is 11.8 Å². The third-order valence-corrected chi connectivity index (χ3v) is 4.55. The summed E-state index contributed by atoms with van der Waals surface area (Å²) in [5, 5.41) is 19.8. The highest BCUT2D eigenvalue weighted by Crippen LogP contribution is 2.32. The molecular formula is C8H6N4OS3. The van der Waals surface area contributed by atoms with E-state index in [1.807, 2.05) is 16.0 Å². The maximum atomic E-state index is 9.35. The van der Waals surface area contributed by atoms with Crippen LogP contribution < -0.4 is 0 Å². The molecular weight excluding hydrogens is 264 g/mol. The standard InChI is InChI=1S/C8H6N4OS3/c13-3-5-6(16-8-11-9-4-15-8)10-7-12(5)1-2-14-7/h1-2,4,13H,3H2. The number of hydrogen-bond acceptors (Lipinski definition) is 7. The molecule has 16 heavy (non-hydrogen) atoms. The third-order valence-electron chi connectivity index (χ3n) is 2.00. The molecule has 0 saturated heterocycles. The minimum Gasteiger partial charge on any atom is -0.390 e. The molecule has 0 fully saturated rings. The number of rotatable bonds is 3. The molecule has 82 valence electrons. The highest BCUT2D eigenvalue weighted by atomic mass is 32.2. The first kappa shape index (κ1) is 10.2. The number of aliphatic hydroxyl groups is 1. The van der Waals surface area contributed by atoms with Crippen molar-refractivity contribution in [3.63, 3.8) is 0 Å². The number of hydrogen-bond donors (Lipinski definition) is 1. The Morgan fingerprint density at radius 1 is 1.44 bits per heavy atom. The predicted octanol–water partition coefficient (Wildman–Crippen LogP) is 1.89. The monoisotopic (exact) mass is 270 g/mol. The van der Waals surface area contributed by atoms with Gasteiger partial charge in [-0.2, -0.15) is 0 Å². The van der Waals surface area contributed by atoms with E-state index in [9.17, 15) is 5.11 Å². The minimum atomic E-state index is -0.0287. The molecule has 3 rings (SSSR count). The van der Waals surface area contributed by atoms with Gasteiger partial charge in [-0.3, -0.25) is 4.40 Å². The molecule has 0 aromatic carbocycles. The molecule has 1 N–H and O–H groups in total. The number of thiazole rings is 1. The van der Waals surface area contributed by atoms with Crippen LogP contribution in [0.5, 0.6) is 0 Å². The van der Waals surface area contributed by atoms with Crippen LogP contribution in [0.25, 0.3) is 4.96 Å². The van der Waals surface area contributed by atoms with Gasteiger partial charge < -0.3 is 5.11 Å². The van der Waals surface area contributed by atoms with E-state index in [0.717, 1.165) is 20.0 Å². The first-order valence-corrected chi connectivity index (χ1v) is 6.95. The highest BCUT2D eigenvalue weighted by Gasteiger charge is 2.14. The maximum Gasteiger partial charge on any atom is 0.195 e. The van der Waals surface area contributed by atoms with E-state index in [4.69, 9.17) is 0 Å². The largest absolute Gasteiger partial charge is 0.390 e. The van der Waals surface area contributed by atoms with E-state index < -0.39 is 0 Å². The van der Waals surface area contributed by atoms with Crippen molar-refractivity contribution < 1.29 is 5.11 Å². The van der Waals surface area contributed by atoms with Crippen LogP contribution in [0.4, 0.5) is 0 Å². The van der Waals surface area contributed by atoms with Gasteiger partial charge in [0, 0.05) is 11.6 Å². The molecule has 0 unspecified atom stereocenters. The second-order valence-corrected chi connectivity index (χ2v) is 5.83. The summed E-state index contributed by atoms with van der Waals surface area (Å²) in [7, 11) is 0. The lowest BCUT2D eigenvalue weighted by Gasteiger charge is -1.96. The molecule has 3 aromatic heterocycles. The van der Waals surface area contributed by atoms with Crippen molar-refractivity contribution in [2.45, 2.75) is 16.0 Å². The van der Waals surface area contributed by atoms with Crippen molar-refractivity contribution in [3.05, 3.63) is 22.8 Å². The van der Waals surface area contributed by atoms with Crippen molar-refractivity contribution in [2.75, 3.05) is 0 Å². The van der Waals surface area contributed by atoms with Crippen LogP contribution >= 0.6 is 34.4 Å². The first-order chi connectivity index (χ1) is 7.88. The Labute approximate surface area is 103 Å². The molecule has 0 atom stereocenters. The number of aromatic nitrogens is 4. The molecule has 8 heteroatoms. The van der Waals surface area contributed by atoms with Gasteiger partial charge in [0.25, 0.3) is 0 Å². The average molecular weight is 270 g/mol. The summed E-state index contributed by atoms with van der Waals surface area (Å²) in [5.41, 5.74) is 2.48. The Morgan fingerprint density at radius 2 is 2.38 bits per heavy atom. The van der Waals surface area contributed by atoms with Crippen LogP contribution in [0.2, 0.25) is 0 Å². The van der Waals surface area contributed by atoms with E-state index in [0.29, 0.717) is 0 Å². The van der Waals surface area contributed by atoms with Gasteiger partial charge in [-0.15, -0.1) is 21.5 Å². The van der Waals surface area contributed by atoms with E-state index in [2.05, 4.69) is 15.2 Å². The summed E-state index contributed by atoms with van der Waals surface area (Å²) in [6, 6.07) is 0. The molecule has 0 amide bonds. The molecule has 0 aliphatic rings. The minimum absolute atomic E-state index is 0.0287. The molecule has 5 nitrogen and oxygen atoms in total. The van der Waals surface area contributed by atoms with Gasteiger partial charge in [0.2, 0.25) is 0 Å². The summed E-state index contributed by atoms with van der Waals surface area (Å²) in [5.74, 6) is 0. The summed E-state index contributed by atoms with van der Waals surface area (Å²) < 4.78 is 2.73. The number of fused-ring (bicyclic) bond motifs is 1. The van der Waals surface area contributed by atoms with E-state index >= 15 is 0 Å². The van der Waals surface area contributed by atoms with Crippen molar-refractivity contribution >= 4 is 39.4 Å². The van der Waals surface area contributed by atoms with Gasteiger partial charge in [0.15, 0.2) is 9.30 Å². The second kappa shape index (κ2) is 4.13. The lowest BCUT2D eigenvalue weighted by molar-refractivity contribution is 0.272. The Balaban J connectivity index is 2.05. The lowest BCUT2D eigenvalue weighted by Crippen LogP contribution is -1.90. The van der Waals surface area contributed by atoms with E-state index in [1.165, 1.54) is 23.1 Å². The van der Waals surface area contributed by atoms with Crippen LogP contribution in [0.15, 0.2) is 26.5 Å². The zero-order valence-electron chi connectivity index (χ0n) is 7.90.